The maximum Gasteiger partial charge on any atom is 0 e. The van der Waals surface area contributed by atoms with Gasteiger partial charge >= 0.3 is 0 Å². The van der Waals surface area contributed by atoms with E-state index in [-0.39, 0.29) is 1.43 Å². The Bertz CT molecular complexity index is 224. The van der Waals surface area contributed by atoms with E-state index in [4.69, 9.17) is 0 Å². The van der Waals surface area contributed by atoms with Crippen LogP contribution in [0.2, 0.25) is 0 Å². The summed E-state index contributed by atoms with van der Waals surface area (Å²) in [6.45, 7) is 17.1. The Kier molecular flexibility index (Phi) is 11.7. The third-order valence-electron chi connectivity index (χ3n) is 1.52. The number of thiophene rings is 1. The zero-order chi connectivity index (χ0) is 12.4. The summed E-state index contributed by atoms with van der Waals surface area (Å²) in [6.07, 6.45) is 0. The predicted octanol–water partition coefficient (Wildman–Crippen LogP) is 6.11. The van der Waals surface area contributed by atoms with Gasteiger partial charge in [-0.1, -0.05) is 48.5 Å². The Labute approximate surface area is 102 Å². The van der Waals surface area contributed by atoms with Crippen molar-refractivity contribution in [3.05, 3.63) is 21.9 Å². The molecule has 0 unspecified atom stereocenters. The number of hydrogen-bond acceptors (Lipinski definition) is 1. The first kappa shape index (κ1) is 17.1. The number of aryl methyl sites for hydroxylation is 1. The highest BCUT2D eigenvalue weighted by molar-refractivity contribution is 7.08. The van der Waals surface area contributed by atoms with Crippen LogP contribution in [0.4, 0.5) is 0 Å². The SMILES string of the molecule is CC.CC(C)C.Cc1cscc1C(C)C.[2HH]. The molecular formula is C14H30S. The number of hydrogen-bond donors (Lipinski definition) is 0. The Balaban J connectivity index is -0.000000209. The van der Waals surface area contributed by atoms with Gasteiger partial charge in [0.1, 0.15) is 0 Å². The monoisotopic (exact) mass is 231 g/mol. The Morgan fingerprint density at radius 1 is 1.00 bits per heavy atom. The lowest BCUT2D eigenvalue weighted by Crippen LogP contribution is -1.84. The van der Waals surface area contributed by atoms with Crippen LogP contribution >= 0.6 is 11.3 Å². The topological polar surface area (TPSA) is 0 Å². The van der Waals surface area contributed by atoms with E-state index in [9.17, 15) is 0 Å². The van der Waals surface area contributed by atoms with Gasteiger partial charge in [0.2, 0.25) is 0 Å². The first-order valence-corrected chi connectivity index (χ1v) is 6.92. The lowest BCUT2D eigenvalue weighted by atomic mass is 10.0. The molecule has 0 nitrogen and oxygen atoms in total. The molecule has 0 amide bonds. The zero-order valence-electron chi connectivity index (χ0n) is 11.7. The minimum absolute atomic E-state index is 0. The summed E-state index contributed by atoms with van der Waals surface area (Å²) >= 11 is 1.79. The van der Waals surface area contributed by atoms with Crippen molar-refractivity contribution in [1.82, 2.24) is 0 Å². The van der Waals surface area contributed by atoms with Crippen LogP contribution in [0.3, 0.4) is 0 Å². The van der Waals surface area contributed by atoms with Gasteiger partial charge in [0, 0.05) is 1.43 Å². The van der Waals surface area contributed by atoms with E-state index in [2.05, 4.69) is 52.3 Å². The molecule has 0 radical (unpaired) electrons. The van der Waals surface area contributed by atoms with Crippen molar-refractivity contribution in [2.75, 3.05) is 0 Å². The Morgan fingerprint density at radius 2 is 1.40 bits per heavy atom. The maximum atomic E-state index is 2.24. The fourth-order valence-corrected chi connectivity index (χ4v) is 1.97. The van der Waals surface area contributed by atoms with Crippen LogP contribution in [0.1, 0.15) is 66.9 Å². The van der Waals surface area contributed by atoms with Gasteiger partial charge in [0.15, 0.2) is 0 Å². The normalized spacial score (nSPS) is 9.20. The van der Waals surface area contributed by atoms with E-state index in [1.807, 2.05) is 13.8 Å². The summed E-state index contributed by atoms with van der Waals surface area (Å²) in [7, 11) is 0. The highest BCUT2D eigenvalue weighted by Crippen LogP contribution is 2.21. The third-order valence-corrected chi connectivity index (χ3v) is 2.40. The van der Waals surface area contributed by atoms with Crippen molar-refractivity contribution in [2.45, 2.75) is 61.3 Å². The third kappa shape index (κ3) is 9.99. The number of rotatable bonds is 1. The second kappa shape index (κ2) is 10.2. The van der Waals surface area contributed by atoms with Gasteiger partial charge in [-0.05, 0) is 40.6 Å². The van der Waals surface area contributed by atoms with Crippen molar-refractivity contribution < 1.29 is 1.43 Å². The van der Waals surface area contributed by atoms with E-state index in [0.717, 1.165) is 5.92 Å². The average molecular weight is 231 g/mol. The van der Waals surface area contributed by atoms with Crippen LogP contribution in [-0.4, -0.2) is 0 Å². The molecule has 1 heteroatoms. The molecule has 1 heterocycles. The van der Waals surface area contributed by atoms with E-state index in [1.54, 1.807) is 11.3 Å². The smallest absolute Gasteiger partial charge is 0 e. The molecule has 0 atom stereocenters. The predicted molar refractivity (Wildman–Crippen MR) is 77.1 cm³/mol. The summed E-state index contributed by atoms with van der Waals surface area (Å²) in [6, 6.07) is 0. The van der Waals surface area contributed by atoms with E-state index in [0.29, 0.717) is 5.92 Å². The largest absolute Gasteiger partial charge is 0.152 e. The molecule has 1 rings (SSSR count). The van der Waals surface area contributed by atoms with Gasteiger partial charge < -0.3 is 0 Å². The molecule has 1 aromatic rings. The molecule has 0 aliphatic heterocycles. The Morgan fingerprint density at radius 3 is 1.53 bits per heavy atom. The van der Waals surface area contributed by atoms with E-state index >= 15 is 0 Å². The van der Waals surface area contributed by atoms with Gasteiger partial charge in [0.25, 0.3) is 0 Å². The van der Waals surface area contributed by atoms with E-state index in [1.165, 1.54) is 11.1 Å². The zero-order valence-corrected chi connectivity index (χ0v) is 12.5. The minimum Gasteiger partial charge on any atom is -0.152 e. The van der Waals surface area contributed by atoms with Crippen LogP contribution in [0.5, 0.6) is 0 Å². The molecular weight excluding hydrogens is 200 g/mol. The molecule has 0 bridgehead atoms. The van der Waals surface area contributed by atoms with Crippen LogP contribution in [0.15, 0.2) is 10.8 Å². The van der Waals surface area contributed by atoms with Crippen LogP contribution in [-0.2, 0) is 0 Å². The van der Waals surface area contributed by atoms with Gasteiger partial charge in [0.05, 0.1) is 0 Å². The van der Waals surface area contributed by atoms with Crippen molar-refractivity contribution in [2.24, 2.45) is 5.92 Å². The standard InChI is InChI=1S/C8H12S.C4H10.C2H6.H2/c1-6(2)8-5-9-4-7(8)3;1-4(2)3;1-2;/h4-6H,1-3H3;4H,1-3H3;1-2H3;1H/i;;;1+1. The van der Waals surface area contributed by atoms with Crippen LogP contribution in [0.25, 0.3) is 0 Å². The fraction of sp³-hybridized carbons (Fsp3) is 0.714. The Hall–Kier alpha value is -0.300. The summed E-state index contributed by atoms with van der Waals surface area (Å²) in [5.41, 5.74) is 2.94. The van der Waals surface area contributed by atoms with Crippen molar-refractivity contribution in [3.63, 3.8) is 0 Å². The van der Waals surface area contributed by atoms with Crippen molar-refractivity contribution >= 4 is 11.3 Å². The summed E-state index contributed by atoms with van der Waals surface area (Å²) < 4.78 is 0. The van der Waals surface area contributed by atoms with Gasteiger partial charge in [-0.15, -0.1) is 0 Å². The second-order valence-corrected chi connectivity index (χ2v) is 5.14. The fourth-order valence-electron chi connectivity index (χ4n) is 0.962. The molecule has 0 spiro atoms. The molecule has 0 saturated carbocycles. The molecule has 0 fully saturated rings. The summed E-state index contributed by atoms with van der Waals surface area (Å²) in [4.78, 5) is 0. The molecule has 0 aromatic carbocycles. The lowest BCUT2D eigenvalue weighted by molar-refractivity contribution is 0.737. The van der Waals surface area contributed by atoms with E-state index < -0.39 is 0 Å². The van der Waals surface area contributed by atoms with Crippen LogP contribution < -0.4 is 0 Å². The molecule has 15 heavy (non-hydrogen) atoms. The van der Waals surface area contributed by atoms with Gasteiger partial charge in [-0.3, -0.25) is 0 Å². The molecule has 0 aliphatic carbocycles. The lowest BCUT2D eigenvalue weighted by Gasteiger charge is -2.01. The van der Waals surface area contributed by atoms with Gasteiger partial charge in [-0.25, -0.2) is 0 Å². The maximum absolute atomic E-state index is 2.24. The van der Waals surface area contributed by atoms with Crippen LogP contribution in [0, 0.1) is 12.8 Å². The first-order chi connectivity index (χ1) is 6.95. The van der Waals surface area contributed by atoms with Crippen molar-refractivity contribution in [1.29, 1.82) is 0 Å². The molecule has 0 aliphatic rings. The molecule has 0 saturated heterocycles. The average Bonchev–Trinajstić information content (AvgIpc) is 2.54. The van der Waals surface area contributed by atoms with Crippen molar-refractivity contribution in [3.8, 4) is 0 Å². The highest BCUT2D eigenvalue weighted by Gasteiger charge is 2.01. The summed E-state index contributed by atoms with van der Waals surface area (Å²) in [5.74, 6) is 1.52. The van der Waals surface area contributed by atoms with Gasteiger partial charge in [-0.2, -0.15) is 11.3 Å². The molecule has 0 N–H and O–H groups in total. The minimum atomic E-state index is 0. The second-order valence-electron chi connectivity index (χ2n) is 4.40. The summed E-state index contributed by atoms with van der Waals surface area (Å²) in [5, 5.41) is 4.44. The highest BCUT2D eigenvalue weighted by atomic mass is 32.1. The quantitative estimate of drug-likeness (QED) is 0.546. The first-order valence-electron chi connectivity index (χ1n) is 5.97. The molecule has 92 valence electrons. The molecule has 1 aromatic heterocycles.